The van der Waals surface area contributed by atoms with Gasteiger partial charge in [0.2, 0.25) is 0 Å². The Balaban J connectivity index is 1.37. The molecule has 1 aromatic rings. The third-order valence-corrected chi connectivity index (χ3v) is 18.2. The molecule has 4 heterocycles. The van der Waals surface area contributed by atoms with Crippen LogP contribution in [0.25, 0.3) is 0 Å². The first-order chi connectivity index (χ1) is 34.7. The van der Waals surface area contributed by atoms with E-state index < -0.39 is 94.5 Å². The Kier molecular flexibility index (Phi) is 23.8. The molecule has 0 unspecified atom stereocenters. The molecule has 1 aromatic carbocycles. The van der Waals surface area contributed by atoms with Gasteiger partial charge in [-0.2, -0.15) is 3.64 Å². The van der Waals surface area contributed by atoms with Gasteiger partial charge in [-0.25, -0.2) is 4.39 Å². The van der Waals surface area contributed by atoms with E-state index in [1.807, 2.05) is 130 Å². The molecule has 0 aliphatic carbocycles. The maximum atomic E-state index is 15.0. The second-order valence-corrected chi connectivity index (χ2v) is 24.4. The first-order valence-corrected chi connectivity index (χ1v) is 28.8. The number of cyclic esters (lactones) is 1. The van der Waals surface area contributed by atoms with Crippen LogP contribution in [0.15, 0.2) is 36.2 Å². The standard InChI is InChI=1S/C53H91FI2N6O12/c1-31-24-52(8,66)48(34(4)45(72-44-26-51(7,69-13)25-33(3)71-44)35(5)49(65)74-50(55)53(9,67)47(64)36(6)60(11)28-31)73-43-23-40(22-32(2)70-43)59(10)20-18-38(57)29-62(58-56)42(27-54)46(68-12)37-14-16-39(17-15-37)61-21-19-41(63)30-61/h14-17,29,31-36,40-48,50,58,63-64,66-67H,18-28,30,57H2,1-13H3/b38-29-/t31-,32-,33+,34+,35-,36-,40+,41-,42-,43+,44+,45+,46-,47-,48-,50+,51+,52-,53+/m1/s1. The molecule has 0 radical (unpaired) electrons. The van der Waals surface area contributed by atoms with Crippen molar-refractivity contribution < 1.29 is 62.8 Å². The van der Waals surface area contributed by atoms with Crippen molar-refractivity contribution in [1.82, 2.24) is 18.4 Å². The fourth-order valence-electron chi connectivity index (χ4n) is 11.7. The molecule has 21 heteroatoms. The highest BCUT2D eigenvalue weighted by molar-refractivity contribution is 14.1. The fraction of sp³-hybridized carbons (Fsp3) is 0.830. The van der Waals surface area contributed by atoms with Crippen LogP contribution in [-0.4, -0.2) is 191 Å². The van der Waals surface area contributed by atoms with Crippen molar-refractivity contribution in [3.05, 3.63) is 41.7 Å². The van der Waals surface area contributed by atoms with Gasteiger partial charge in [0.05, 0.1) is 47.6 Å². The lowest BCUT2D eigenvalue weighted by molar-refractivity contribution is -0.291. The quantitative estimate of drug-likeness (QED) is 0.0349. The number of esters is 1. The lowest BCUT2D eigenvalue weighted by Gasteiger charge is -2.47. The van der Waals surface area contributed by atoms with Crippen LogP contribution in [0.4, 0.5) is 10.1 Å². The number of ether oxygens (including phenoxy) is 7. The minimum absolute atomic E-state index is 0.0141. The lowest BCUT2D eigenvalue weighted by Crippen LogP contribution is -2.57. The van der Waals surface area contributed by atoms with Gasteiger partial charge in [0.25, 0.3) is 0 Å². The maximum absolute atomic E-state index is 15.0. The van der Waals surface area contributed by atoms with Gasteiger partial charge in [0.15, 0.2) is 16.7 Å². The van der Waals surface area contributed by atoms with Crippen LogP contribution < -0.4 is 14.3 Å². The number of benzene rings is 1. The molecule has 0 aromatic heterocycles. The second kappa shape index (κ2) is 27.7. The van der Waals surface area contributed by atoms with Crippen LogP contribution in [0.3, 0.4) is 0 Å². The van der Waals surface area contributed by atoms with Crippen LogP contribution in [-0.2, 0) is 38.0 Å². The number of aliphatic hydroxyl groups excluding tert-OH is 2. The topological polar surface area (TPSA) is 214 Å². The van der Waals surface area contributed by atoms with E-state index in [0.29, 0.717) is 57.4 Å². The molecule has 4 saturated heterocycles. The van der Waals surface area contributed by atoms with E-state index >= 15 is 4.39 Å². The number of rotatable bonds is 17. The Labute approximate surface area is 468 Å². The summed E-state index contributed by atoms with van der Waals surface area (Å²) in [4.78, 5) is 20.7. The van der Waals surface area contributed by atoms with Crippen molar-refractivity contribution in [2.24, 2.45) is 23.5 Å². The summed E-state index contributed by atoms with van der Waals surface area (Å²) in [5, 5.41) is 47.8. The molecule has 19 atom stereocenters. The van der Waals surface area contributed by atoms with E-state index in [2.05, 4.69) is 13.4 Å². The number of carbonyl (C=O) groups excluding carboxylic acids is 1. The SMILES string of the molecule is CO[C@H](c1ccc(N2CC[C@@H](O)C2)cc1)[C@@H](CF)N(/C=C(\N)CCN(C)[C@@H]1C[C@H](O[C@@H]2[C@@H](C)[C@H](O[C@H]3C[C@@](C)(OC)C[C@H](C)O3)[C@@H](C)C(=O)O[C@H](I)[C@@](C)(O)[C@H](O)[C@@H](C)N(C)C[C@H](C)C[C@@]2(C)O)O[C@H](C)C1)NI. The molecular weight excluding hydrogens is 1190 g/mol. The number of nitrogens with two attached hydrogens (primary N) is 1. The zero-order valence-corrected chi connectivity index (χ0v) is 50.5. The number of hydrazine groups is 1. The van der Waals surface area contributed by atoms with E-state index in [9.17, 15) is 25.2 Å². The highest BCUT2D eigenvalue weighted by atomic mass is 127. The number of nitrogens with zero attached hydrogens (tertiary/aromatic N) is 4. The molecule has 0 bridgehead atoms. The van der Waals surface area contributed by atoms with E-state index in [-0.39, 0.29) is 36.7 Å². The third-order valence-electron chi connectivity index (χ3n) is 16.2. The van der Waals surface area contributed by atoms with Crippen LogP contribution in [0.2, 0.25) is 0 Å². The Morgan fingerprint density at radius 1 is 0.986 bits per heavy atom. The van der Waals surface area contributed by atoms with E-state index in [1.165, 1.54) is 6.92 Å². The van der Waals surface area contributed by atoms with Crippen LogP contribution in [0.1, 0.15) is 119 Å². The number of anilines is 1. The van der Waals surface area contributed by atoms with Gasteiger partial charge in [-0.1, -0.05) is 26.0 Å². The fourth-order valence-corrected chi connectivity index (χ4v) is 12.8. The zero-order chi connectivity index (χ0) is 55.0. The molecule has 0 amide bonds. The number of likely N-dealkylation sites (N-methyl/N-ethyl adjacent to an activating group) is 1. The number of carbonyl (C=O) groups is 1. The van der Waals surface area contributed by atoms with Crippen molar-refractivity contribution >= 4 is 57.1 Å². The number of hydrogen-bond donors (Lipinski definition) is 6. The summed E-state index contributed by atoms with van der Waals surface area (Å²) < 4.78 is 61.7. The molecule has 4 aliphatic heterocycles. The smallest absolute Gasteiger partial charge is 0.312 e. The summed E-state index contributed by atoms with van der Waals surface area (Å²) in [5.74, 6) is -2.41. The highest BCUT2D eigenvalue weighted by Crippen LogP contribution is 2.41. The number of β-amino-alcohol motifs (C(OH)–C–C–N with tert-alkyl or cyclic N) is 1. The molecule has 426 valence electrons. The summed E-state index contributed by atoms with van der Waals surface area (Å²) in [5.41, 5.74) is 5.16. The normalized spacial score (nSPS) is 39.6. The van der Waals surface area contributed by atoms with E-state index in [4.69, 9.17) is 38.9 Å². The molecule has 18 nitrogen and oxygen atoms in total. The van der Waals surface area contributed by atoms with Gasteiger partial charge in [-0.3, -0.25) is 9.80 Å². The molecule has 74 heavy (non-hydrogen) atoms. The summed E-state index contributed by atoms with van der Waals surface area (Å²) in [6, 6.07) is 6.54. The predicted molar refractivity (Wildman–Crippen MR) is 299 cm³/mol. The van der Waals surface area contributed by atoms with Crippen molar-refractivity contribution in [2.45, 2.75) is 202 Å². The van der Waals surface area contributed by atoms with Crippen LogP contribution in [0, 0.1) is 17.8 Å². The van der Waals surface area contributed by atoms with E-state index in [0.717, 1.165) is 24.2 Å². The Morgan fingerprint density at radius 2 is 1.65 bits per heavy atom. The zero-order valence-electron chi connectivity index (χ0n) is 46.2. The number of nitrogens with one attached hydrogen (secondary N) is 1. The van der Waals surface area contributed by atoms with Crippen molar-refractivity contribution in [3.8, 4) is 0 Å². The van der Waals surface area contributed by atoms with Crippen LogP contribution in [0.5, 0.6) is 0 Å². The van der Waals surface area contributed by atoms with Crippen molar-refractivity contribution in [1.29, 1.82) is 0 Å². The molecule has 7 N–H and O–H groups in total. The summed E-state index contributed by atoms with van der Waals surface area (Å²) in [6.07, 6.45) is -0.743. The Bertz CT molecular complexity index is 1930. The van der Waals surface area contributed by atoms with Gasteiger partial charge < -0.3 is 74.0 Å². The van der Waals surface area contributed by atoms with E-state index in [1.54, 1.807) is 39.3 Å². The molecule has 0 spiro atoms. The monoisotopic (exact) mass is 1280 g/mol. The Morgan fingerprint density at radius 3 is 2.24 bits per heavy atom. The molecule has 4 aliphatic rings. The second-order valence-electron chi connectivity index (χ2n) is 22.8. The minimum Gasteiger partial charge on any atom is -0.448 e. The first-order valence-electron chi connectivity index (χ1n) is 26.4. The first kappa shape index (κ1) is 63.5. The largest absolute Gasteiger partial charge is 0.448 e. The molecule has 5 rings (SSSR count). The third kappa shape index (κ3) is 16.4. The molecule has 4 fully saturated rings. The highest BCUT2D eigenvalue weighted by Gasteiger charge is 2.51. The summed E-state index contributed by atoms with van der Waals surface area (Å²) in [7, 11) is 7.12. The maximum Gasteiger partial charge on any atom is 0.312 e. The van der Waals surface area contributed by atoms with Crippen molar-refractivity contribution in [2.75, 3.05) is 66.1 Å². The van der Waals surface area contributed by atoms with Gasteiger partial charge >= 0.3 is 5.97 Å². The van der Waals surface area contributed by atoms with Gasteiger partial charge in [-0.05, 0) is 128 Å². The minimum atomic E-state index is -1.82. The molecule has 0 saturated carbocycles. The Hall–Kier alpha value is -1.30. The number of aliphatic hydroxyl groups is 4. The summed E-state index contributed by atoms with van der Waals surface area (Å²) in [6.45, 7) is 18.3. The lowest BCUT2D eigenvalue weighted by atomic mass is 9.77. The summed E-state index contributed by atoms with van der Waals surface area (Å²) >= 11 is 3.85. The average Bonchev–Trinajstić information content (AvgIpc) is 3.79. The average molecular weight is 1280 g/mol. The predicted octanol–water partition coefficient (Wildman–Crippen LogP) is 5.96. The number of hydrogen-bond acceptors (Lipinski definition) is 18. The van der Waals surface area contributed by atoms with Crippen LogP contribution >= 0.6 is 45.5 Å². The number of halogens is 3. The van der Waals surface area contributed by atoms with Crippen molar-refractivity contribution in [3.63, 3.8) is 0 Å². The number of alkyl halides is 2. The van der Waals surface area contributed by atoms with Gasteiger partial charge in [0.1, 0.15) is 30.5 Å². The molecular formula is C53H91FI2N6O12. The van der Waals surface area contributed by atoms with Gasteiger partial charge in [-0.15, -0.1) is 0 Å². The number of methoxy groups -OCH3 is 2. The van der Waals surface area contributed by atoms with Gasteiger partial charge in [0, 0.05) is 125 Å².